The number of hydrogen-bond acceptors (Lipinski definition) is 16. The summed E-state index contributed by atoms with van der Waals surface area (Å²) in [6.45, 7) is 28.6. The smallest absolute Gasteiger partial charge is 0.246 e. The summed E-state index contributed by atoms with van der Waals surface area (Å²) in [4.78, 5) is 172. The third kappa shape index (κ3) is 26.6. The summed E-state index contributed by atoms with van der Waals surface area (Å²) in [5.74, 6) is -9.22. The van der Waals surface area contributed by atoms with Crippen molar-refractivity contribution in [1.29, 1.82) is 0 Å². The fraction of sp³-hybridized carbons (Fsp3) is 0.812. The fourth-order valence-corrected chi connectivity index (χ4v) is 13.1. The number of carbonyl (C=O) groups excluding carboxylic acids is 11. The number of ketones is 1. The minimum absolute atomic E-state index is 0.00586. The van der Waals surface area contributed by atoms with Crippen molar-refractivity contribution in [3.8, 4) is 0 Å². The number of aliphatic hydroxyl groups is 3. The number of amides is 10. The van der Waals surface area contributed by atoms with Gasteiger partial charge in [-0.2, -0.15) is 11.8 Å². The van der Waals surface area contributed by atoms with Gasteiger partial charge in [-0.25, -0.2) is 0 Å². The van der Waals surface area contributed by atoms with E-state index in [0.29, 0.717) is 25.0 Å². The zero-order valence-electron chi connectivity index (χ0n) is 62.1. The molecule has 0 aromatic heterocycles. The lowest BCUT2D eigenvalue weighted by atomic mass is 9.91. The molecule has 0 unspecified atom stereocenters. The molecule has 0 aromatic rings. The third-order valence-electron chi connectivity index (χ3n) is 17.8. The van der Waals surface area contributed by atoms with Gasteiger partial charge in [0.05, 0.1) is 24.3 Å². The lowest BCUT2D eigenvalue weighted by Crippen LogP contribution is -2.64. The van der Waals surface area contributed by atoms with E-state index in [1.807, 2.05) is 41.5 Å². The van der Waals surface area contributed by atoms with Gasteiger partial charge in [0.1, 0.15) is 60.4 Å². The van der Waals surface area contributed by atoms with Crippen LogP contribution in [0.2, 0.25) is 0 Å². The molecule has 1 rings (SSSR count). The number of carbonyl (C=O) groups is 11. The van der Waals surface area contributed by atoms with Gasteiger partial charge in [0, 0.05) is 61.1 Å². The molecule has 0 aromatic carbocycles. The van der Waals surface area contributed by atoms with E-state index in [2.05, 4.69) is 21.3 Å². The predicted molar refractivity (Wildman–Crippen MR) is 372 cm³/mol. The number of unbranched alkanes of at least 4 members (excludes halogenated alkanes) is 2. The number of hydrogen-bond donors (Lipinski definition) is 7. The second kappa shape index (κ2) is 40.9. The standard InChI is InChI=1S/C69H125N11O14S/c1-25-27-31-45(13)58(83)57-62(87)72-48(26-2)64(89)78(22)53(39-95-33-30-28-29-32-81)54(82)38-74(18)52(37-69(16,17)94)61(86)73-55(43(9)10)67(92)75(19)49(34-40(3)4)60(85)70-46(14)59(84)71-47(15)63(88)76(20)50(35-41(5)6)65(90)77(21)51(36-42(7)8)66(91)79(23)56(44(11)12)68(93)80(57)24/h25,27,40-53,55-58,81,83,94H,26,28-39H2,1-24H3,(H,70,85)(H,71,84)(H,72,87)(H,73,86)/b27-25+/t45-,46+,47-,48+,49+,50+,51+,52+,53+,55+,56+,57+,58-/m1/s1. The maximum atomic E-state index is 15.3. The third-order valence-corrected chi connectivity index (χ3v) is 18.9. The Kier molecular flexibility index (Phi) is 37.6. The van der Waals surface area contributed by atoms with Gasteiger partial charge in [-0.1, -0.05) is 102 Å². The van der Waals surface area contributed by atoms with E-state index in [9.17, 15) is 44.1 Å². The molecule has 0 radical (unpaired) electrons. The Morgan fingerprint density at radius 1 is 0.537 bits per heavy atom. The first kappa shape index (κ1) is 87.3. The van der Waals surface area contributed by atoms with Crippen LogP contribution in [0.3, 0.4) is 0 Å². The molecule has 546 valence electrons. The van der Waals surface area contributed by atoms with Crippen molar-refractivity contribution in [2.45, 2.75) is 254 Å². The molecule has 7 N–H and O–H groups in total. The molecule has 26 heteroatoms. The second-order valence-corrected chi connectivity index (χ2v) is 30.1. The van der Waals surface area contributed by atoms with Crippen LogP contribution in [0.5, 0.6) is 0 Å². The van der Waals surface area contributed by atoms with Gasteiger partial charge < -0.3 is 66.0 Å². The van der Waals surface area contributed by atoms with Crippen LogP contribution in [0.4, 0.5) is 0 Å². The van der Waals surface area contributed by atoms with Crippen LogP contribution in [-0.4, -0.2) is 267 Å². The van der Waals surface area contributed by atoms with Gasteiger partial charge in [0.15, 0.2) is 5.78 Å². The Morgan fingerprint density at radius 2 is 1.01 bits per heavy atom. The normalized spacial score (nSPS) is 26.6. The van der Waals surface area contributed by atoms with Crippen LogP contribution in [0.25, 0.3) is 0 Å². The summed E-state index contributed by atoms with van der Waals surface area (Å²) in [6.07, 6.45) is 4.46. The molecule has 1 saturated heterocycles. The Hall–Kier alpha value is -5.70. The number of allylic oxidation sites excluding steroid dienone is 2. The molecule has 1 heterocycles. The van der Waals surface area contributed by atoms with Gasteiger partial charge in [0.2, 0.25) is 59.1 Å². The molecule has 0 saturated carbocycles. The minimum atomic E-state index is -1.65. The molecule has 0 spiro atoms. The van der Waals surface area contributed by atoms with Crippen LogP contribution in [0.15, 0.2) is 12.2 Å². The summed E-state index contributed by atoms with van der Waals surface area (Å²) >= 11 is 1.39. The van der Waals surface area contributed by atoms with E-state index >= 15 is 24.0 Å². The minimum Gasteiger partial charge on any atom is -0.396 e. The molecule has 10 amide bonds. The molecule has 95 heavy (non-hydrogen) atoms. The number of rotatable bonds is 22. The highest BCUT2D eigenvalue weighted by Gasteiger charge is 2.46. The van der Waals surface area contributed by atoms with Crippen molar-refractivity contribution in [3.05, 3.63) is 12.2 Å². The monoisotopic (exact) mass is 1360 g/mol. The van der Waals surface area contributed by atoms with Crippen molar-refractivity contribution < 1.29 is 68.1 Å². The number of aliphatic hydroxyl groups excluding tert-OH is 2. The molecule has 13 atom stereocenters. The predicted octanol–water partition coefficient (Wildman–Crippen LogP) is 3.69. The second-order valence-electron chi connectivity index (χ2n) is 29.0. The average Bonchev–Trinajstić information content (AvgIpc) is 0.814. The maximum absolute atomic E-state index is 15.3. The van der Waals surface area contributed by atoms with Crippen LogP contribution < -0.4 is 21.3 Å². The summed E-state index contributed by atoms with van der Waals surface area (Å²) in [7, 11) is 10.0. The number of nitrogens with zero attached hydrogens (tertiary/aromatic N) is 7. The van der Waals surface area contributed by atoms with E-state index in [1.165, 1.54) is 118 Å². The molecule has 25 nitrogen and oxygen atoms in total. The van der Waals surface area contributed by atoms with Crippen molar-refractivity contribution in [2.24, 2.45) is 35.5 Å². The number of Topliss-reactive ketones (excluding diaryl/α,β-unsaturated/α-hetero) is 1. The van der Waals surface area contributed by atoms with Crippen LogP contribution in [0.1, 0.15) is 175 Å². The summed E-state index contributed by atoms with van der Waals surface area (Å²) in [6, 6.07) is -14.0. The summed E-state index contributed by atoms with van der Waals surface area (Å²) < 4.78 is 0. The van der Waals surface area contributed by atoms with E-state index < -0.39 is 167 Å². The molecule has 1 aliphatic heterocycles. The number of likely N-dealkylation sites (N-methyl/N-ethyl adjacent to an activating group) is 7. The van der Waals surface area contributed by atoms with E-state index in [0.717, 1.165) is 4.90 Å². The zero-order chi connectivity index (χ0) is 73.4. The topological polar surface area (TPSA) is 319 Å². The van der Waals surface area contributed by atoms with Crippen molar-refractivity contribution >= 4 is 76.6 Å². The van der Waals surface area contributed by atoms with Crippen molar-refractivity contribution in [2.75, 3.05) is 74.0 Å². The van der Waals surface area contributed by atoms with Crippen molar-refractivity contribution in [3.63, 3.8) is 0 Å². The van der Waals surface area contributed by atoms with E-state index in [-0.39, 0.29) is 68.6 Å². The lowest BCUT2D eigenvalue weighted by Gasteiger charge is -2.41. The van der Waals surface area contributed by atoms with Gasteiger partial charge in [0.25, 0.3) is 0 Å². The maximum Gasteiger partial charge on any atom is 0.246 e. The molecular formula is C69H125N11O14S. The fourth-order valence-electron chi connectivity index (χ4n) is 11.9. The Balaban J connectivity index is 4.50. The highest BCUT2D eigenvalue weighted by molar-refractivity contribution is 7.99. The Morgan fingerprint density at radius 3 is 1.49 bits per heavy atom. The first-order valence-electron chi connectivity index (χ1n) is 34.2. The summed E-state index contributed by atoms with van der Waals surface area (Å²) in [5, 5.41) is 44.1. The van der Waals surface area contributed by atoms with Crippen molar-refractivity contribution in [1.82, 2.24) is 55.6 Å². The molecule has 0 bridgehead atoms. The largest absolute Gasteiger partial charge is 0.396 e. The average molecular weight is 1360 g/mol. The Bertz CT molecular complexity index is 2560. The van der Waals surface area contributed by atoms with E-state index in [4.69, 9.17) is 0 Å². The molecule has 0 aliphatic carbocycles. The lowest BCUT2D eigenvalue weighted by molar-refractivity contribution is -0.157. The first-order chi connectivity index (χ1) is 43.9. The Labute approximate surface area is 573 Å². The first-order valence-corrected chi connectivity index (χ1v) is 35.4. The quantitative estimate of drug-likeness (QED) is 0.0601. The molecular weight excluding hydrogens is 1240 g/mol. The molecule has 1 aliphatic rings. The highest BCUT2D eigenvalue weighted by Crippen LogP contribution is 2.27. The number of nitrogens with one attached hydrogen (secondary N) is 4. The molecule has 1 fully saturated rings. The van der Waals surface area contributed by atoms with Gasteiger partial charge in [-0.3, -0.25) is 57.6 Å². The van der Waals surface area contributed by atoms with Gasteiger partial charge in [-0.05, 0) is 128 Å². The SMILES string of the molecule is C/C=C/C[C@@H](C)[C@@H](O)[C@H]1C(=O)N[C@@H](CC)C(=O)N(C)[C@@H](CSCCCCCO)C(=O)CN(C)[C@@H](CC(C)(C)O)C(=O)N[C@@H](C(C)C)C(=O)N(C)[C@@H](CC(C)C)C(=O)N[C@@H](C)C(=O)N[C@H](C)C(=O)N(C)[C@@H](CC(C)C)C(=O)N(C)[C@@H](CC(C)C)C(=O)N(C)[C@@H](C(C)C)C(=O)N1C. The van der Waals surface area contributed by atoms with Gasteiger partial charge in [-0.15, -0.1) is 0 Å². The van der Waals surface area contributed by atoms with Gasteiger partial charge >= 0.3 is 0 Å². The highest BCUT2D eigenvalue weighted by atomic mass is 32.2. The van der Waals surface area contributed by atoms with Crippen LogP contribution in [0, 0.1) is 35.5 Å². The van der Waals surface area contributed by atoms with Crippen LogP contribution in [-0.2, 0) is 52.7 Å². The zero-order valence-corrected chi connectivity index (χ0v) is 62.9. The summed E-state index contributed by atoms with van der Waals surface area (Å²) in [5.41, 5.74) is -1.50. The number of thioether (sulfide) groups is 1. The van der Waals surface area contributed by atoms with E-state index in [1.54, 1.807) is 60.6 Å². The van der Waals surface area contributed by atoms with Crippen LogP contribution >= 0.6 is 11.8 Å².